The summed E-state index contributed by atoms with van der Waals surface area (Å²) in [6, 6.07) is -0.865. The minimum absolute atomic E-state index is 0.0760. The number of thioether (sulfide) groups is 2. The highest BCUT2D eigenvalue weighted by Gasteiger charge is 2.56. The summed E-state index contributed by atoms with van der Waals surface area (Å²) in [7, 11) is 1.30. The van der Waals surface area contributed by atoms with Gasteiger partial charge in [0.2, 0.25) is 0 Å². The Balaban J connectivity index is 1.32. The van der Waals surface area contributed by atoms with Gasteiger partial charge in [0.05, 0.1) is 19.6 Å². The Hall–Kier alpha value is -2.29. The van der Waals surface area contributed by atoms with Gasteiger partial charge in [-0.2, -0.15) is 11.8 Å². The normalized spacial score (nSPS) is 31.7. The number of nitrogens with two attached hydrogens (primary N) is 1. The number of hydrogen-bond acceptors (Lipinski definition) is 10. The molecular weight excluding hydrogens is 524 g/mol. The summed E-state index contributed by atoms with van der Waals surface area (Å²) in [4.78, 5) is 48.6. The van der Waals surface area contributed by atoms with Crippen LogP contribution in [0.15, 0.2) is 21.8 Å². The molecule has 1 aromatic heterocycles. The number of carboxylic acids is 1. The number of carboxylic acid groups (broad SMARTS) is 1. The second kappa shape index (κ2) is 9.54. The van der Waals surface area contributed by atoms with Crippen molar-refractivity contribution in [3.05, 3.63) is 22.3 Å². The fourth-order valence-corrected chi connectivity index (χ4v) is 8.46. The molecule has 5 aliphatic rings. The summed E-state index contributed by atoms with van der Waals surface area (Å²) in [6.07, 6.45) is 5.63. The van der Waals surface area contributed by atoms with Crippen LogP contribution in [0.2, 0.25) is 0 Å². The molecule has 1 aromatic rings. The predicted molar refractivity (Wildman–Crippen MR) is 140 cm³/mol. The summed E-state index contributed by atoms with van der Waals surface area (Å²) >= 11 is 4.61. The molecule has 4 N–H and O–H groups in total. The smallest absolute Gasteiger partial charge is 0.352 e. The number of piperidine rings is 3. The van der Waals surface area contributed by atoms with Crippen LogP contribution in [0.3, 0.4) is 0 Å². The fraction of sp³-hybridized carbons (Fsp3) is 0.591. The molecule has 0 aromatic carbocycles. The van der Waals surface area contributed by atoms with Gasteiger partial charge in [-0.1, -0.05) is 5.16 Å². The van der Waals surface area contributed by atoms with Crippen LogP contribution in [0.25, 0.3) is 0 Å². The second-order valence-corrected chi connectivity index (χ2v) is 12.9. The minimum atomic E-state index is -1.10. The minimum Gasteiger partial charge on any atom is -0.477 e. The lowest BCUT2D eigenvalue weighted by Gasteiger charge is -2.55. The molecule has 4 saturated heterocycles. The summed E-state index contributed by atoms with van der Waals surface area (Å²) in [5.74, 6) is -1.66. The average molecular weight is 554 g/mol. The quantitative estimate of drug-likeness (QED) is 0.185. The molecular formula is C22H29N6O5S3+. The number of carbonyl (C=O) groups excluding carboxylic acids is 2. The van der Waals surface area contributed by atoms with E-state index in [-0.39, 0.29) is 22.2 Å². The van der Waals surface area contributed by atoms with Crippen LogP contribution >= 0.6 is 34.9 Å². The molecule has 11 nitrogen and oxygen atoms in total. The fourth-order valence-electron chi connectivity index (χ4n) is 5.69. The van der Waals surface area contributed by atoms with E-state index in [4.69, 9.17) is 10.6 Å². The first-order valence-electron chi connectivity index (χ1n) is 11.7. The van der Waals surface area contributed by atoms with E-state index in [0.29, 0.717) is 17.0 Å². The number of nitrogen functional groups attached to an aromatic ring is 1. The zero-order chi connectivity index (χ0) is 25.7. The molecule has 14 heteroatoms. The Morgan fingerprint density at radius 2 is 2.08 bits per heavy atom. The Morgan fingerprint density at radius 3 is 2.64 bits per heavy atom. The molecule has 4 fully saturated rings. The molecule has 36 heavy (non-hydrogen) atoms. The standard InChI is InChI=1S/C22H28N6O5S3/c1-33-26-14(13-11-36-21(23)24-13)17(29)25-15-18(30)27-16(20(31)32)12(10-35-19(15)27)9-28-6-3-22(34-2,4-7-28)5-8-28/h11,15,19H,3-10H2,1-2H3,(H3-,23,24,25,29,31,32)/p+1/b26-14-/t15-,19-,22?,28?/m1/s1. The predicted octanol–water partition coefficient (Wildman–Crippen LogP) is 0.931. The molecule has 0 aliphatic carbocycles. The van der Waals surface area contributed by atoms with E-state index in [1.807, 2.05) is 11.8 Å². The van der Waals surface area contributed by atoms with Crippen molar-refractivity contribution in [3.63, 3.8) is 0 Å². The maximum absolute atomic E-state index is 13.1. The number of nitrogens with zero attached hydrogens (tertiary/aromatic N) is 4. The molecule has 194 valence electrons. The largest absolute Gasteiger partial charge is 0.477 e. The maximum atomic E-state index is 13.1. The molecule has 0 radical (unpaired) electrons. The summed E-state index contributed by atoms with van der Waals surface area (Å²) in [5.41, 5.74) is 6.70. The van der Waals surface area contributed by atoms with Gasteiger partial charge < -0.3 is 25.5 Å². The molecule has 6 heterocycles. The Kier molecular flexibility index (Phi) is 6.72. The van der Waals surface area contributed by atoms with E-state index in [2.05, 4.69) is 21.7 Å². The average Bonchev–Trinajstić information content (AvgIpc) is 3.31. The number of fused-ring (bicyclic) bond motifs is 4. The number of carbonyl (C=O) groups is 3. The number of aromatic nitrogens is 1. The van der Waals surface area contributed by atoms with Crippen molar-refractivity contribution in [2.75, 3.05) is 51.0 Å². The first-order valence-corrected chi connectivity index (χ1v) is 14.8. The van der Waals surface area contributed by atoms with Gasteiger partial charge in [0, 0.05) is 40.7 Å². The van der Waals surface area contributed by atoms with Crippen molar-refractivity contribution in [3.8, 4) is 0 Å². The third kappa shape index (κ3) is 4.27. The van der Waals surface area contributed by atoms with Crippen molar-refractivity contribution < 1.29 is 28.8 Å². The van der Waals surface area contributed by atoms with Crippen LogP contribution in [0, 0.1) is 0 Å². The number of hydrogen-bond donors (Lipinski definition) is 3. The van der Waals surface area contributed by atoms with Crippen LogP contribution in [0.1, 0.15) is 25.0 Å². The maximum Gasteiger partial charge on any atom is 0.352 e. The van der Waals surface area contributed by atoms with E-state index in [0.717, 1.165) is 60.3 Å². The number of thiazole rings is 1. The second-order valence-electron chi connectivity index (χ2n) is 9.62. The lowest BCUT2D eigenvalue weighted by atomic mass is 9.84. The topological polar surface area (TPSA) is 147 Å². The molecule has 5 aliphatic heterocycles. The Bertz CT molecular complexity index is 1140. The number of nitrogens with one attached hydrogen (secondary N) is 1. The zero-order valence-electron chi connectivity index (χ0n) is 20.1. The van der Waals surface area contributed by atoms with E-state index in [9.17, 15) is 19.5 Å². The number of oxime groups is 1. The summed E-state index contributed by atoms with van der Waals surface area (Å²) in [5, 5.41) is 17.9. The SMILES string of the molecule is CO/N=C(\C(=O)N[C@@H]1C(=O)N2C(C(=O)O)=C(C[N+]34CCC(SC)(CC3)CC4)CS[C@H]12)c1csc(N)n1. The van der Waals surface area contributed by atoms with Crippen LogP contribution < -0.4 is 11.1 Å². The number of amides is 2. The highest BCUT2D eigenvalue weighted by atomic mass is 32.2. The van der Waals surface area contributed by atoms with Crippen molar-refractivity contribution in [1.29, 1.82) is 0 Å². The third-order valence-corrected chi connectivity index (χ3v) is 11.3. The molecule has 0 saturated carbocycles. The monoisotopic (exact) mass is 553 g/mol. The van der Waals surface area contributed by atoms with Crippen LogP contribution in [0.5, 0.6) is 0 Å². The van der Waals surface area contributed by atoms with E-state index in [1.54, 1.807) is 5.38 Å². The van der Waals surface area contributed by atoms with E-state index >= 15 is 0 Å². The number of anilines is 1. The van der Waals surface area contributed by atoms with Crippen molar-refractivity contribution in [1.82, 2.24) is 15.2 Å². The molecule has 0 unspecified atom stereocenters. The van der Waals surface area contributed by atoms with Gasteiger partial charge in [-0.3, -0.25) is 14.5 Å². The van der Waals surface area contributed by atoms with Crippen molar-refractivity contribution >= 4 is 63.5 Å². The van der Waals surface area contributed by atoms with E-state index < -0.39 is 29.2 Å². The Morgan fingerprint density at radius 1 is 1.39 bits per heavy atom. The van der Waals surface area contributed by atoms with E-state index in [1.165, 1.54) is 23.8 Å². The molecule has 6 rings (SSSR count). The van der Waals surface area contributed by atoms with Gasteiger partial charge in [0.15, 0.2) is 10.8 Å². The summed E-state index contributed by atoms with van der Waals surface area (Å²) < 4.78 is 1.28. The van der Waals surface area contributed by atoms with Gasteiger partial charge in [-0.25, -0.2) is 9.78 Å². The number of β-lactam (4-membered cyclic amide) rings is 1. The van der Waals surface area contributed by atoms with Crippen molar-refractivity contribution in [2.24, 2.45) is 5.16 Å². The first-order chi connectivity index (χ1) is 17.2. The lowest BCUT2D eigenvalue weighted by molar-refractivity contribution is -0.937. The molecule has 0 spiro atoms. The van der Waals surface area contributed by atoms with Gasteiger partial charge in [-0.15, -0.1) is 23.1 Å². The van der Waals surface area contributed by atoms with Crippen molar-refractivity contribution in [2.45, 2.75) is 35.4 Å². The third-order valence-electron chi connectivity index (χ3n) is 7.78. The van der Waals surface area contributed by atoms with Gasteiger partial charge in [-0.05, 0) is 6.26 Å². The number of quaternary nitrogens is 1. The van der Waals surface area contributed by atoms with Gasteiger partial charge >= 0.3 is 5.97 Å². The molecule has 2 atom stereocenters. The summed E-state index contributed by atoms with van der Waals surface area (Å²) in [6.45, 7) is 3.78. The molecule has 2 bridgehead atoms. The van der Waals surface area contributed by atoms with Crippen LogP contribution in [0.4, 0.5) is 5.13 Å². The van der Waals surface area contributed by atoms with Crippen LogP contribution in [-0.4, -0.2) is 104 Å². The highest BCUT2D eigenvalue weighted by molar-refractivity contribution is 8.00. The highest BCUT2D eigenvalue weighted by Crippen LogP contribution is 2.47. The number of rotatable bonds is 8. The van der Waals surface area contributed by atoms with Crippen LogP contribution in [-0.2, 0) is 19.2 Å². The molecule has 2 amide bonds. The Labute approximate surface area is 221 Å². The lowest BCUT2D eigenvalue weighted by Crippen LogP contribution is -2.71. The van der Waals surface area contributed by atoms with Gasteiger partial charge in [0.1, 0.15) is 36.5 Å². The number of aliphatic carboxylic acids is 1. The van der Waals surface area contributed by atoms with Gasteiger partial charge in [0.25, 0.3) is 11.8 Å². The zero-order valence-corrected chi connectivity index (χ0v) is 22.5. The first kappa shape index (κ1) is 25.4.